The van der Waals surface area contributed by atoms with Gasteiger partial charge in [-0.3, -0.25) is 4.90 Å². The predicted molar refractivity (Wildman–Crippen MR) is 302 cm³/mol. The van der Waals surface area contributed by atoms with Crippen molar-refractivity contribution in [3.63, 3.8) is 0 Å². The molecule has 11 aromatic rings. The van der Waals surface area contributed by atoms with E-state index in [4.69, 9.17) is 15.0 Å². The van der Waals surface area contributed by atoms with Gasteiger partial charge in [-0.05, 0) is 151 Å². The summed E-state index contributed by atoms with van der Waals surface area (Å²) < 4.78 is 0. The first kappa shape index (κ1) is 45.5. The minimum absolute atomic E-state index is 0.498. The van der Waals surface area contributed by atoms with Gasteiger partial charge in [0.2, 0.25) is 5.95 Å². The molecule has 0 saturated heterocycles. The van der Waals surface area contributed by atoms with E-state index in [1.165, 1.54) is 44.8 Å². The molecule has 0 spiro atoms. The molecule has 0 bridgehead atoms. The summed E-state index contributed by atoms with van der Waals surface area (Å²) in [5.74, 6) is 1.64. The third-order valence-electron chi connectivity index (χ3n) is 13.6. The van der Waals surface area contributed by atoms with Crippen LogP contribution in [0.2, 0.25) is 0 Å². The number of hydrogen-bond donors (Lipinski definition) is 0. The molecule has 1 heterocycles. The highest BCUT2D eigenvalue weighted by Crippen LogP contribution is 2.47. The first-order valence-corrected chi connectivity index (χ1v) is 24.7. The largest absolute Gasteiger partial charge is 0.309 e. The van der Waals surface area contributed by atoms with Crippen LogP contribution < -0.4 is 9.80 Å². The summed E-state index contributed by atoms with van der Waals surface area (Å²) in [7, 11) is 0. The maximum atomic E-state index is 5.58. The number of hydrogen-bond acceptors (Lipinski definition) is 5. The summed E-state index contributed by atoms with van der Waals surface area (Å²) in [6.07, 6.45) is 0. The molecule has 0 aliphatic rings. The average Bonchev–Trinajstić information content (AvgIpc) is 3.41. The van der Waals surface area contributed by atoms with Crippen molar-refractivity contribution in [3.8, 4) is 56.2 Å². The summed E-state index contributed by atoms with van der Waals surface area (Å²) in [5.41, 5.74) is 21.0. The van der Waals surface area contributed by atoms with Gasteiger partial charge < -0.3 is 4.90 Å². The minimum Gasteiger partial charge on any atom is -0.309 e. The molecule has 1 aromatic heterocycles. The topological polar surface area (TPSA) is 45.2 Å². The monoisotopic (exact) mass is 929 g/mol. The second-order valence-electron chi connectivity index (χ2n) is 18.9. The number of aromatic nitrogens is 3. The Labute approximate surface area is 423 Å². The summed E-state index contributed by atoms with van der Waals surface area (Å²) in [5, 5.41) is 2.27. The third kappa shape index (κ3) is 8.93. The van der Waals surface area contributed by atoms with Gasteiger partial charge in [0.25, 0.3) is 0 Å². The first-order valence-electron chi connectivity index (χ1n) is 24.7. The normalized spacial score (nSPS) is 11.2. The Kier molecular flexibility index (Phi) is 12.3. The molecule has 5 heteroatoms. The Bertz CT molecular complexity index is 3580. The van der Waals surface area contributed by atoms with E-state index in [0.717, 1.165) is 72.3 Å². The van der Waals surface area contributed by atoms with Crippen molar-refractivity contribution in [1.29, 1.82) is 0 Å². The van der Waals surface area contributed by atoms with E-state index in [0.29, 0.717) is 17.6 Å². The van der Waals surface area contributed by atoms with E-state index in [-0.39, 0.29) is 0 Å². The van der Waals surface area contributed by atoms with Crippen LogP contribution in [0.25, 0.3) is 66.9 Å². The van der Waals surface area contributed by atoms with E-state index in [9.17, 15) is 0 Å². The van der Waals surface area contributed by atoms with Gasteiger partial charge in [-0.15, -0.1) is 0 Å². The molecule has 10 aromatic carbocycles. The van der Waals surface area contributed by atoms with Crippen molar-refractivity contribution >= 4 is 45.2 Å². The van der Waals surface area contributed by atoms with Gasteiger partial charge in [0.05, 0.1) is 17.1 Å². The molecular weight excluding hydrogens is 875 g/mol. The van der Waals surface area contributed by atoms with Gasteiger partial charge in [0.15, 0.2) is 11.6 Å². The van der Waals surface area contributed by atoms with E-state index >= 15 is 0 Å². The lowest BCUT2D eigenvalue weighted by Crippen LogP contribution is -2.18. The predicted octanol–water partition coefficient (Wildman–Crippen LogP) is 18.1. The summed E-state index contributed by atoms with van der Waals surface area (Å²) >= 11 is 0. The molecule has 0 N–H and O–H groups in total. The van der Waals surface area contributed by atoms with E-state index in [1.54, 1.807) is 0 Å². The number of anilines is 6. The molecule has 0 unspecified atom stereocenters. The molecule has 0 aliphatic heterocycles. The number of benzene rings is 10. The van der Waals surface area contributed by atoms with Gasteiger partial charge in [-0.2, -0.15) is 9.97 Å². The second kappa shape index (κ2) is 19.5. The number of fused-ring (bicyclic) bond motifs is 1. The van der Waals surface area contributed by atoms with E-state index < -0.39 is 0 Å². The van der Waals surface area contributed by atoms with Gasteiger partial charge in [0, 0.05) is 28.1 Å². The third-order valence-corrected chi connectivity index (χ3v) is 13.6. The van der Waals surface area contributed by atoms with Crippen molar-refractivity contribution < 1.29 is 0 Å². The minimum atomic E-state index is 0.498. The maximum Gasteiger partial charge on any atom is 0.238 e. The molecule has 72 heavy (non-hydrogen) atoms. The molecule has 0 fully saturated rings. The molecule has 5 nitrogen and oxygen atoms in total. The van der Waals surface area contributed by atoms with Crippen LogP contribution in [0.15, 0.2) is 224 Å². The van der Waals surface area contributed by atoms with Gasteiger partial charge in [-0.25, -0.2) is 4.98 Å². The Balaban J connectivity index is 1.18. The van der Waals surface area contributed by atoms with Crippen molar-refractivity contribution in [1.82, 2.24) is 15.0 Å². The second-order valence-corrected chi connectivity index (χ2v) is 18.9. The fourth-order valence-corrected chi connectivity index (χ4v) is 10.5. The van der Waals surface area contributed by atoms with Crippen LogP contribution in [0, 0.1) is 41.5 Å². The molecule has 11 rings (SSSR count). The van der Waals surface area contributed by atoms with Crippen LogP contribution in [0.4, 0.5) is 34.4 Å². The number of rotatable bonds is 11. The average molecular weight is 930 g/mol. The molecule has 348 valence electrons. The zero-order valence-electron chi connectivity index (χ0n) is 41.6. The lowest BCUT2D eigenvalue weighted by atomic mass is 9.95. The molecule has 0 aliphatic carbocycles. The SMILES string of the molecule is Cc1cc(C)c(N(c2ccc(N(c3nc(-c4ccccc4)nc(-c4cc(-c5ccccc5)cc(-c5ccccc5)c4)n3)c3ccc4ccccc4c3-c3ccccc3)cc2)c2c(C)cc(C)cc2C)c(C)c1. The first-order chi connectivity index (χ1) is 35.2. The van der Waals surface area contributed by atoms with Crippen molar-refractivity contribution in [3.05, 3.63) is 258 Å². The Hall–Kier alpha value is -8.93. The fourth-order valence-electron chi connectivity index (χ4n) is 10.5. The molecule has 0 atom stereocenters. The van der Waals surface area contributed by atoms with Crippen molar-refractivity contribution in [2.75, 3.05) is 9.80 Å². The zero-order chi connectivity index (χ0) is 49.3. The quantitative estimate of drug-likeness (QED) is 0.129. The number of nitrogens with zero attached hydrogens (tertiary/aromatic N) is 5. The molecular formula is C67H55N5. The Morgan fingerprint density at radius 3 is 1.21 bits per heavy atom. The van der Waals surface area contributed by atoms with Crippen LogP contribution in [0.3, 0.4) is 0 Å². The van der Waals surface area contributed by atoms with Gasteiger partial charge in [0.1, 0.15) is 0 Å². The fraction of sp³-hybridized carbons (Fsp3) is 0.0896. The highest BCUT2D eigenvalue weighted by Gasteiger charge is 2.26. The van der Waals surface area contributed by atoms with Crippen molar-refractivity contribution in [2.24, 2.45) is 0 Å². The Morgan fingerprint density at radius 1 is 0.306 bits per heavy atom. The van der Waals surface area contributed by atoms with Crippen LogP contribution in [-0.2, 0) is 0 Å². The lowest BCUT2D eigenvalue weighted by Gasteiger charge is -2.32. The van der Waals surface area contributed by atoms with Crippen LogP contribution in [0.5, 0.6) is 0 Å². The van der Waals surface area contributed by atoms with Crippen LogP contribution in [0.1, 0.15) is 33.4 Å². The van der Waals surface area contributed by atoms with Crippen molar-refractivity contribution in [2.45, 2.75) is 41.5 Å². The Morgan fingerprint density at radius 2 is 0.708 bits per heavy atom. The van der Waals surface area contributed by atoms with Gasteiger partial charge >= 0.3 is 0 Å². The highest BCUT2D eigenvalue weighted by atomic mass is 15.3. The van der Waals surface area contributed by atoms with E-state index in [2.05, 4.69) is 258 Å². The summed E-state index contributed by atoms with van der Waals surface area (Å²) in [6.45, 7) is 13.3. The summed E-state index contributed by atoms with van der Waals surface area (Å²) in [6, 6.07) is 79.8. The molecule has 0 saturated carbocycles. The van der Waals surface area contributed by atoms with Gasteiger partial charge in [-0.1, -0.05) is 187 Å². The maximum absolute atomic E-state index is 5.58. The standard InChI is InChI=1S/C67H55N5/c1-44-37-46(3)63(47(4)38-44)72(64-48(5)39-45(2)40-49(64)6)59-34-32-58(33-35-59)71(61-36-31-52-25-19-20-30-60(52)62(61)53-26-15-9-16-27-53)67-69-65(54-28-17-10-18-29-54)68-66(70-67)57-42-55(50-21-11-7-12-22-50)41-56(43-57)51-23-13-8-14-24-51/h7-43H,1-6H3. The van der Waals surface area contributed by atoms with Crippen LogP contribution >= 0.6 is 0 Å². The highest BCUT2D eigenvalue weighted by molar-refractivity contribution is 6.05. The van der Waals surface area contributed by atoms with E-state index in [1.807, 2.05) is 18.2 Å². The number of aryl methyl sites for hydroxylation is 6. The molecule has 0 radical (unpaired) electrons. The smallest absolute Gasteiger partial charge is 0.238 e. The zero-order valence-corrected chi connectivity index (χ0v) is 41.6. The summed E-state index contributed by atoms with van der Waals surface area (Å²) in [4.78, 5) is 21.1. The molecule has 0 amide bonds. The lowest BCUT2D eigenvalue weighted by molar-refractivity contribution is 1.02. The van der Waals surface area contributed by atoms with Crippen LogP contribution in [-0.4, -0.2) is 15.0 Å².